The summed E-state index contributed by atoms with van der Waals surface area (Å²) in [6.07, 6.45) is 5.68. The fraction of sp³-hybridized carbons (Fsp3) is 0.600. The molecular weight excluding hydrogens is 402 g/mol. The molecule has 10 heteroatoms. The zero-order valence-electron chi connectivity index (χ0n) is 16.9. The molecule has 0 radical (unpaired) electrons. The van der Waals surface area contributed by atoms with E-state index in [1.165, 1.54) is 0 Å². The summed E-state index contributed by atoms with van der Waals surface area (Å²) >= 11 is 1.61. The van der Waals surface area contributed by atoms with Gasteiger partial charge in [0.25, 0.3) is 5.56 Å². The lowest BCUT2D eigenvalue weighted by molar-refractivity contribution is 0.0973. The predicted molar refractivity (Wildman–Crippen MR) is 114 cm³/mol. The quantitative estimate of drug-likeness (QED) is 0.578. The van der Waals surface area contributed by atoms with Gasteiger partial charge >= 0.3 is 0 Å². The highest BCUT2D eigenvalue weighted by molar-refractivity contribution is 7.09. The molecule has 30 heavy (non-hydrogen) atoms. The molecule has 2 atom stereocenters. The summed E-state index contributed by atoms with van der Waals surface area (Å²) < 4.78 is 5.81. The van der Waals surface area contributed by atoms with Crippen LogP contribution in [0.15, 0.2) is 16.4 Å². The van der Waals surface area contributed by atoms with Crippen molar-refractivity contribution in [2.75, 3.05) is 24.6 Å². The van der Waals surface area contributed by atoms with Crippen LogP contribution in [0.25, 0.3) is 11.0 Å². The van der Waals surface area contributed by atoms with Gasteiger partial charge in [-0.05, 0) is 32.6 Å². The van der Waals surface area contributed by atoms with Crippen LogP contribution in [0.2, 0.25) is 0 Å². The Kier molecular flexibility index (Phi) is 3.91. The molecule has 9 nitrogen and oxygen atoms in total. The van der Waals surface area contributed by atoms with Gasteiger partial charge in [0.05, 0.1) is 23.8 Å². The second-order valence-electron chi connectivity index (χ2n) is 9.00. The number of hydrogen-bond donors (Lipinski definition) is 3. The lowest BCUT2D eigenvalue weighted by Gasteiger charge is -2.41. The van der Waals surface area contributed by atoms with Crippen LogP contribution in [-0.4, -0.2) is 57.0 Å². The fourth-order valence-electron chi connectivity index (χ4n) is 5.20. The number of anilines is 1. The molecule has 5 heterocycles. The highest BCUT2D eigenvalue weighted by Gasteiger charge is 2.52. The number of nitrogens with one attached hydrogen (secondary N) is 2. The van der Waals surface area contributed by atoms with E-state index in [9.17, 15) is 4.79 Å². The Bertz CT molecular complexity index is 1140. The lowest BCUT2D eigenvalue weighted by Crippen LogP contribution is -2.51. The minimum absolute atomic E-state index is 0.0352. The zero-order chi connectivity index (χ0) is 20.5. The first-order chi connectivity index (χ1) is 14.5. The molecule has 2 aliphatic heterocycles. The van der Waals surface area contributed by atoms with E-state index in [2.05, 4.69) is 25.1 Å². The Morgan fingerprint density at radius 2 is 2.10 bits per heavy atom. The predicted octanol–water partition coefficient (Wildman–Crippen LogP) is 1.52. The summed E-state index contributed by atoms with van der Waals surface area (Å²) in [4.78, 5) is 27.4. The van der Waals surface area contributed by atoms with Gasteiger partial charge in [0.2, 0.25) is 5.95 Å². The number of ether oxygens (including phenoxy) is 1. The van der Waals surface area contributed by atoms with Crippen molar-refractivity contribution in [3.8, 4) is 0 Å². The molecule has 1 aliphatic carbocycles. The maximum atomic E-state index is 13.1. The van der Waals surface area contributed by atoms with E-state index in [1.54, 1.807) is 17.5 Å². The maximum Gasteiger partial charge on any atom is 0.263 e. The molecule has 3 fully saturated rings. The Morgan fingerprint density at radius 1 is 1.30 bits per heavy atom. The molecule has 3 aromatic rings. The number of thiazole rings is 1. The number of aromatic nitrogens is 5. The first kappa shape index (κ1) is 18.5. The summed E-state index contributed by atoms with van der Waals surface area (Å²) in [5.41, 5.74) is 7.39. The highest BCUT2D eigenvalue weighted by atomic mass is 32.1. The second kappa shape index (κ2) is 6.35. The van der Waals surface area contributed by atoms with Crippen molar-refractivity contribution < 1.29 is 4.74 Å². The van der Waals surface area contributed by atoms with Gasteiger partial charge in [-0.3, -0.25) is 14.9 Å². The molecule has 1 spiro atoms. The Balaban J connectivity index is 1.30. The van der Waals surface area contributed by atoms with Crippen molar-refractivity contribution in [2.24, 2.45) is 11.1 Å². The maximum absolute atomic E-state index is 13.1. The minimum Gasteiger partial charge on any atom is -0.376 e. The lowest BCUT2D eigenvalue weighted by atomic mass is 9.73. The van der Waals surface area contributed by atoms with Crippen LogP contribution in [-0.2, 0) is 10.2 Å². The standard InChI is InChI=1S/C20H25N7O2S/c1-11-13(21)19(10-29-11)4-7-27(8-5-19)18-23-15-12(16(28)24-18)14(25-26-15)20(2-3-20)17-22-6-9-30-17/h6,9,11,13H,2-5,7-8,10,21H2,1H3,(H2,23,24,25,26,28)/t11-,13+/m0/s1. The first-order valence-corrected chi connectivity index (χ1v) is 11.4. The van der Waals surface area contributed by atoms with Crippen molar-refractivity contribution in [2.45, 2.75) is 50.2 Å². The number of piperidine rings is 1. The van der Waals surface area contributed by atoms with E-state index < -0.39 is 0 Å². The van der Waals surface area contributed by atoms with Crippen LogP contribution in [0.5, 0.6) is 0 Å². The van der Waals surface area contributed by atoms with Gasteiger partial charge in [-0.25, -0.2) is 4.98 Å². The Morgan fingerprint density at radius 3 is 2.73 bits per heavy atom. The average Bonchev–Trinajstić information content (AvgIpc) is 3.09. The second-order valence-corrected chi connectivity index (χ2v) is 9.89. The van der Waals surface area contributed by atoms with Gasteiger partial charge in [-0.1, -0.05) is 0 Å². The smallest absolute Gasteiger partial charge is 0.263 e. The molecule has 3 aromatic heterocycles. The Labute approximate surface area is 177 Å². The van der Waals surface area contributed by atoms with E-state index >= 15 is 0 Å². The number of fused-ring (bicyclic) bond motifs is 1. The third-order valence-electron chi connectivity index (χ3n) is 7.37. The van der Waals surface area contributed by atoms with Gasteiger partial charge in [-0.15, -0.1) is 11.3 Å². The van der Waals surface area contributed by atoms with E-state index in [-0.39, 0.29) is 28.5 Å². The topological polar surface area (TPSA) is 126 Å². The normalized spacial score (nSPS) is 27.2. The van der Waals surface area contributed by atoms with E-state index in [0.29, 0.717) is 17.0 Å². The van der Waals surface area contributed by atoms with Gasteiger partial charge < -0.3 is 15.4 Å². The molecular formula is C20H25N7O2S. The van der Waals surface area contributed by atoms with Crippen LogP contribution in [0, 0.1) is 5.41 Å². The van der Waals surface area contributed by atoms with Gasteiger partial charge in [0.1, 0.15) is 10.4 Å². The van der Waals surface area contributed by atoms with E-state index in [0.717, 1.165) is 56.1 Å². The monoisotopic (exact) mass is 427 g/mol. The fourth-order valence-corrected chi connectivity index (χ4v) is 6.09. The van der Waals surface area contributed by atoms with E-state index in [4.69, 9.17) is 15.5 Å². The van der Waals surface area contributed by atoms with E-state index in [1.807, 2.05) is 12.3 Å². The molecule has 6 rings (SSSR count). The van der Waals surface area contributed by atoms with Crippen molar-refractivity contribution >= 4 is 28.3 Å². The first-order valence-electron chi connectivity index (χ1n) is 10.5. The average molecular weight is 428 g/mol. The summed E-state index contributed by atoms with van der Waals surface area (Å²) in [5.74, 6) is 0.595. The molecule has 4 N–H and O–H groups in total. The number of aromatic amines is 2. The van der Waals surface area contributed by atoms with Crippen LogP contribution in [0.3, 0.4) is 0 Å². The molecule has 158 valence electrons. The zero-order valence-corrected chi connectivity index (χ0v) is 17.7. The van der Waals surface area contributed by atoms with Crippen LogP contribution >= 0.6 is 11.3 Å². The van der Waals surface area contributed by atoms with Crippen molar-refractivity contribution in [3.63, 3.8) is 0 Å². The van der Waals surface area contributed by atoms with Crippen LogP contribution < -0.4 is 16.2 Å². The van der Waals surface area contributed by atoms with Crippen molar-refractivity contribution in [1.29, 1.82) is 0 Å². The third kappa shape index (κ3) is 2.53. The minimum atomic E-state index is -0.241. The number of nitrogens with two attached hydrogens (primary N) is 1. The SMILES string of the molecule is C[C@@H]1OCC2(CCN(c3nc4[nH]nc(C5(c6nccs6)CC5)c4c(=O)[nH]3)CC2)[C@@H]1N. The number of H-pyrrole nitrogens is 2. The highest BCUT2D eigenvalue weighted by Crippen LogP contribution is 2.54. The molecule has 0 aromatic carbocycles. The molecule has 2 saturated heterocycles. The van der Waals surface area contributed by atoms with Crippen molar-refractivity contribution in [1.82, 2.24) is 25.1 Å². The number of nitrogens with zero attached hydrogens (tertiary/aromatic N) is 4. The molecule has 0 unspecified atom stereocenters. The summed E-state index contributed by atoms with van der Waals surface area (Å²) in [6, 6.07) is 0.0601. The van der Waals surface area contributed by atoms with Crippen LogP contribution in [0.4, 0.5) is 5.95 Å². The van der Waals surface area contributed by atoms with Gasteiger partial charge in [0, 0.05) is 36.1 Å². The summed E-state index contributed by atoms with van der Waals surface area (Å²) in [6.45, 7) is 4.35. The molecule has 3 aliphatic rings. The number of rotatable bonds is 3. The molecule has 0 bridgehead atoms. The molecule has 1 saturated carbocycles. The third-order valence-corrected chi connectivity index (χ3v) is 8.34. The molecule has 0 amide bonds. The number of hydrogen-bond acceptors (Lipinski definition) is 8. The van der Waals surface area contributed by atoms with Crippen LogP contribution in [0.1, 0.15) is 43.3 Å². The summed E-state index contributed by atoms with van der Waals surface area (Å²) in [5, 5.41) is 11.1. The van der Waals surface area contributed by atoms with Crippen molar-refractivity contribution in [3.05, 3.63) is 32.6 Å². The van der Waals surface area contributed by atoms with Gasteiger partial charge in [-0.2, -0.15) is 10.1 Å². The largest absolute Gasteiger partial charge is 0.376 e. The van der Waals surface area contributed by atoms with Gasteiger partial charge in [0.15, 0.2) is 5.65 Å². The summed E-state index contributed by atoms with van der Waals surface area (Å²) in [7, 11) is 0. The Hall–Kier alpha value is -2.30.